The van der Waals surface area contributed by atoms with Crippen LogP contribution in [0.3, 0.4) is 0 Å². The van der Waals surface area contributed by atoms with Gasteiger partial charge in [0.25, 0.3) is 0 Å². The molecule has 0 aliphatic carbocycles. The van der Waals surface area contributed by atoms with Crippen LogP contribution in [0, 0.1) is 5.92 Å². The largest absolute Gasteiger partial charge is 0.508 e. The number of carbonyl (C=O) groups excluding carboxylic acids is 1. The van der Waals surface area contributed by atoms with Gasteiger partial charge in [-0.2, -0.15) is 0 Å². The van der Waals surface area contributed by atoms with Gasteiger partial charge in [-0.1, -0.05) is 12.1 Å². The molecule has 1 aliphatic rings. The maximum atomic E-state index is 12.4. The number of ether oxygens (including phenoxy) is 1. The minimum atomic E-state index is -0.516. The molecule has 5 nitrogen and oxygen atoms in total. The summed E-state index contributed by atoms with van der Waals surface area (Å²) in [6, 6.07) is 6.85. The lowest BCUT2D eigenvalue weighted by molar-refractivity contribution is 0.0207. The van der Waals surface area contributed by atoms with E-state index in [0.29, 0.717) is 13.1 Å². The van der Waals surface area contributed by atoms with Crippen molar-refractivity contribution in [1.82, 2.24) is 4.90 Å². The fourth-order valence-corrected chi connectivity index (χ4v) is 2.75. The second-order valence-corrected chi connectivity index (χ2v) is 6.49. The number of benzene rings is 1. The third-order valence-corrected chi connectivity index (χ3v) is 3.69. The zero-order valence-corrected chi connectivity index (χ0v) is 12.9. The van der Waals surface area contributed by atoms with Crippen molar-refractivity contribution >= 4 is 6.09 Å². The average Bonchev–Trinajstić information content (AvgIpc) is 2.81. The Morgan fingerprint density at radius 3 is 2.52 bits per heavy atom. The Labute approximate surface area is 125 Å². The van der Waals surface area contributed by atoms with Crippen LogP contribution in [-0.2, 0) is 4.74 Å². The lowest BCUT2D eigenvalue weighted by Gasteiger charge is -2.30. The SMILES string of the molecule is CC(C)(C)OC(=O)N1CCC(CN)C1c1ccc(O)cc1. The van der Waals surface area contributed by atoms with E-state index in [9.17, 15) is 9.90 Å². The molecule has 1 amide bonds. The van der Waals surface area contributed by atoms with Crippen LogP contribution in [0.15, 0.2) is 24.3 Å². The third kappa shape index (κ3) is 3.67. The molecule has 1 aromatic rings. The lowest BCUT2D eigenvalue weighted by atomic mass is 9.94. The molecule has 1 aliphatic heterocycles. The average molecular weight is 292 g/mol. The van der Waals surface area contributed by atoms with Gasteiger partial charge in [-0.3, -0.25) is 0 Å². The van der Waals surface area contributed by atoms with Gasteiger partial charge in [0.1, 0.15) is 11.4 Å². The zero-order valence-electron chi connectivity index (χ0n) is 12.9. The molecule has 0 bridgehead atoms. The molecule has 1 saturated heterocycles. The highest BCUT2D eigenvalue weighted by Gasteiger charge is 2.39. The number of phenolic OH excluding ortho intramolecular Hbond substituents is 1. The summed E-state index contributed by atoms with van der Waals surface area (Å²) < 4.78 is 5.49. The first-order valence-corrected chi connectivity index (χ1v) is 7.30. The number of likely N-dealkylation sites (tertiary alicyclic amines) is 1. The van der Waals surface area contributed by atoms with E-state index in [0.717, 1.165) is 12.0 Å². The van der Waals surface area contributed by atoms with Gasteiger partial charge in [0.15, 0.2) is 0 Å². The first kappa shape index (κ1) is 15.6. The van der Waals surface area contributed by atoms with E-state index in [1.165, 1.54) is 0 Å². The molecule has 1 aromatic carbocycles. The third-order valence-electron chi connectivity index (χ3n) is 3.69. The monoisotopic (exact) mass is 292 g/mol. The van der Waals surface area contributed by atoms with Crippen LogP contribution in [0.1, 0.15) is 38.8 Å². The molecule has 21 heavy (non-hydrogen) atoms. The summed E-state index contributed by atoms with van der Waals surface area (Å²) >= 11 is 0. The maximum absolute atomic E-state index is 12.4. The molecule has 116 valence electrons. The molecule has 0 aromatic heterocycles. The summed E-state index contributed by atoms with van der Waals surface area (Å²) in [5, 5.41) is 9.42. The summed E-state index contributed by atoms with van der Waals surface area (Å²) in [6.45, 7) is 6.73. The van der Waals surface area contributed by atoms with Crippen LogP contribution in [0.2, 0.25) is 0 Å². The van der Waals surface area contributed by atoms with E-state index in [1.807, 2.05) is 32.9 Å². The van der Waals surface area contributed by atoms with Crippen molar-refractivity contribution in [2.75, 3.05) is 13.1 Å². The van der Waals surface area contributed by atoms with E-state index in [1.54, 1.807) is 17.0 Å². The Balaban J connectivity index is 2.24. The van der Waals surface area contributed by atoms with E-state index in [-0.39, 0.29) is 23.8 Å². The first-order valence-electron chi connectivity index (χ1n) is 7.30. The van der Waals surface area contributed by atoms with E-state index >= 15 is 0 Å². The van der Waals surface area contributed by atoms with Crippen LogP contribution in [-0.4, -0.2) is 34.8 Å². The minimum absolute atomic E-state index is 0.0922. The van der Waals surface area contributed by atoms with Gasteiger partial charge in [0.05, 0.1) is 6.04 Å². The van der Waals surface area contributed by atoms with Gasteiger partial charge in [-0.05, 0) is 57.4 Å². The van der Waals surface area contributed by atoms with Crippen molar-refractivity contribution < 1.29 is 14.6 Å². The quantitative estimate of drug-likeness (QED) is 0.878. The maximum Gasteiger partial charge on any atom is 0.410 e. The second kappa shape index (κ2) is 5.93. The van der Waals surface area contributed by atoms with Gasteiger partial charge in [-0.25, -0.2) is 4.79 Å². The number of nitrogens with two attached hydrogens (primary N) is 1. The summed E-state index contributed by atoms with van der Waals surface area (Å²) in [6.07, 6.45) is 0.554. The predicted molar refractivity (Wildman–Crippen MR) is 80.9 cm³/mol. The highest BCUT2D eigenvalue weighted by Crippen LogP contribution is 2.38. The van der Waals surface area contributed by atoms with E-state index in [4.69, 9.17) is 10.5 Å². The van der Waals surface area contributed by atoms with Crippen molar-refractivity contribution in [2.24, 2.45) is 11.7 Å². The molecule has 5 heteroatoms. The van der Waals surface area contributed by atoms with Crippen LogP contribution in [0.4, 0.5) is 4.79 Å². The highest BCUT2D eigenvalue weighted by atomic mass is 16.6. The van der Waals surface area contributed by atoms with Crippen LogP contribution >= 0.6 is 0 Å². The number of hydrogen-bond donors (Lipinski definition) is 2. The fourth-order valence-electron chi connectivity index (χ4n) is 2.75. The molecule has 0 saturated carbocycles. The number of aromatic hydroxyl groups is 1. The van der Waals surface area contributed by atoms with Crippen molar-refractivity contribution in [3.05, 3.63) is 29.8 Å². The molecular weight excluding hydrogens is 268 g/mol. The first-order chi connectivity index (χ1) is 9.81. The molecule has 2 rings (SSSR count). The molecule has 1 heterocycles. The Hall–Kier alpha value is -1.75. The standard InChI is InChI=1S/C16H24N2O3/c1-16(2,3)21-15(20)18-9-8-12(10-17)14(18)11-4-6-13(19)7-5-11/h4-7,12,14,19H,8-10,17H2,1-3H3. The molecule has 0 radical (unpaired) electrons. The lowest BCUT2D eigenvalue weighted by Crippen LogP contribution is -2.38. The summed E-state index contributed by atoms with van der Waals surface area (Å²) in [7, 11) is 0. The van der Waals surface area contributed by atoms with Gasteiger partial charge in [0.2, 0.25) is 0 Å². The van der Waals surface area contributed by atoms with Gasteiger partial charge >= 0.3 is 6.09 Å². The molecule has 2 unspecified atom stereocenters. The smallest absolute Gasteiger partial charge is 0.410 e. The number of amides is 1. The number of nitrogens with zero attached hydrogens (tertiary/aromatic N) is 1. The van der Waals surface area contributed by atoms with Gasteiger partial charge < -0.3 is 20.5 Å². The Morgan fingerprint density at radius 2 is 2.00 bits per heavy atom. The van der Waals surface area contributed by atoms with Crippen LogP contribution in [0.5, 0.6) is 5.75 Å². The number of rotatable bonds is 2. The van der Waals surface area contributed by atoms with Crippen molar-refractivity contribution in [3.8, 4) is 5.75 Å². The minimum Gasteiger partial charge on any atom is -0.508 e. The van der Waals surface area contributed by atoms with Crippen molar-refractivity contribution in [1.29, 1.82) is 0 Å². The van der Waals surface area contributed by atoms with Crippen molar-refractivity contribution in [3.63, 3.8) is 0 Å². The second-order valence-electron chi connectivity index (χ2n) is 6.49. The molecule has 2 atom stereocenters. The number of hydrogen-bond acceptors (Lipinski definition) is 4. The Bertz CT molecular complexity index is 493. The topological polar surface area (TPSA) is 75.8 Å². The number of carbonyl (C=O) groups is 1. The summed E-state index contributed by atoms with van der Waals surface area (Å²) in [5.74, 6) is 0.423. The van der Waals surface area contributed by atoms with Crippen LogP contribution < -0.4 is 5.73 Å². The molecular formula is C16H24N2O3. The highest BCUT2D eigenvalue weighted by molar-refractivity contribution is 5.69. The Kier molecular flexibility index (Phi) is 4.42. The summed E-state index contributed by atoms with van der Waals surface area (Å²) in [4.78, 5) is 14.1. The normalized spacial score (nSPS) is 22.4. The molecule has 0 spiro atoms. The van der Waals surface area contributed by atoms with Gasteiger partial charge in [0, 0.05) is 6.54 Å². The van der Waals surface area contributed by atoms with Gasteiger partial charge in [-0.15, -0.1) is 0 Å². The number of phenols is 1. The fraction of sp³-hybridized carbons (Fsp3) is 0.562. The van der Waals surface area contributed by atoms with Crippen molar-refractivity contribution in [2.45, 2.75) is 38.8 Å². The van der Waals surface area contributed by atoms with E-state index < -0.39 is 5.60 Å². The van der Waals surface area contributed by atoms with Crippen LogP contribution in [0.25, 0.3) is 0 Å². The summed E-state index contributed by atoms with van der Waals surface area (Å²) in [5.41, 5.74) is 6.31. The Morgan fingerprint density at radius 1 is 1.38 bits per heavy atom. The zero-order chi connectivity index (χ0) is 15.6. The predicted octanol–water partition coefficient (Wildman–Crippen LogP) is 2.65. The van der Waals surface area contributed by atoms with E-state index in [2.05, 4.69) is 0 Å². The molecule has 3 N–H and O–H groups in total. The molecule has 1 fully saturated rings.